The molecular weight excluding hydrogens is 422 g/mol. The number of anilines is 1. The lowest BCUT2D eigenvalue weighted by Crippen LogP contribution is -2.32. The van der Waals surface area contributed by atoms with Crippen molar-refractivity contribution in [3.05, 3.63) is 94.4 Å². The molecule has 0 saturated heterocycles. The van der Waals surface area contributed by atoms with Gasteiger partial charge in [0.1, 0.15) is 11.6 Å². The number of nitrogens with one attached hydrogen (secondary N) is 3. The van der Waals surface area contributed by atoms with Crippen LogP contribution in [0.15, 0.2) is 76.1 Å². The molecule has 0 aliphatic rings. The van der Waals surface area contributed by atoms with Crippen LogP contribution < -0.4 is 16.2 Å². The number of hydrogen-bond donors (Lipinski definition) is 3. The fraction of sp³-hybridized carbons (Fsp3) is 0.167. The predicted octanol–water partition coefficient (Wildman–Crippen LogP) is 2.52. The Balaban J connectivity index is 1.37. The summed E-state index contributed by atoms with van der Waals surface area (Å²) >= 11 is 0. The summed E-state index contributed by atoms with van der Waals surface area (Å²) < 4.78 is 5.22. The number of furan rings is 1. The van der Waals surface area contributed by atoms with Crippen LogP contribution in [0, 0.1) is 0 Å². The van der Waals surface area contributed by atoms with E-state index in [4.69, 9.17) is 4.42 Å². The number of carbonyl (C=O) groups is 2. The Morgan fingerprint density at radius 2 is 1.85 bits per heavy atom. The Bertz CT molecular complexity index is 1330. The maximum atomic E-state index is 12.6. The number of rotatable bonds is 8. The summed E-state index contributed by atoms with van der Waals surface area (Å²) in [5.74, 6) is 0.471. The standard InChI is InChI=1S/C24H23N5O4/c1-29(14-21-26-19-10-4-3-9-18(19)24(32)28-21)15-22(30)27-20-11-5-2-8-17(20)23(31)25-13-16-7-6-12-33-16/h2-12H,13-15H2,1H3,(H,25,31)(H,27,30)(H,26,28,32). The van der Waals surface area contributed by atoms with Crippen molar-refractivity contribution >= 4 is 28.4 Å². The molecule has 2 heterocycles. The lowest BCUT2D eigenvalue weighted by molar-refractivity contribution is -0.117. The molecule has 9 heteroatoms. The third-order valence-corrected chi connectivity index (χ3v) is 4.94. The van der Waals surface area contributed by atoms with Gasteiger partial charge in [0.15, 0.2) is 0 Å². The molecule has 0 unspecified atom stereocenters. The van der Waals surface area contributed by atoms with Crippen LogP contribution in [0.25, 0.3) is 10.9 Å². The number of likely N-dealkylation sites (N-methyl/N-ethyl adjacent to an activating group) is 1. The first-order valence-electron chi connectivity index (χ1n) is 10.4. The van der Waals surface area contributed by atoms with E-state index in [-0.39, 0.29) is 37.0 Å². The molecule has 4 rings (SSSR count). The first-order valence-corrected chi connectivity index (χ1v) is 10.4. The highest BCUT2D eigenvalue weighted by atomic mass is 16.3. The Kier molecular flexibility index (Phi) is 6.61. The second-order valence-electron chi connectivity index (χ2n) is 7.56. The molecule has 2 aromatic carbocycles. The van der Waals surface area contributed by atoms with E-state index in [0.717, 1.165) is 0 Å². The number of para-hydroxylation sites is 2. The molecule has 2 amide bonds. The van der Waals surface area contributed by atoms with Gasteiger partial charge in [0.05, 0.1) is 48.1 Å². The number of aromatic nitrogens is 2. The van der Waals surface area contributed by atoms with Gasteiger partial charge in [-0.3, -0.25) is 19.3 Å². The van der Waals surface area contributed by atoms with Crippen LogP contribution in [0.5, 0.6) is 0 Å². The number of aromatic amines is 1. The predicted molar refractivity (Wildman–Crippen MR) is 124 cm³/mol. The molecule has 0 bridgehead atoms. The number of H-pyrrole nitrogens is 1. The van der Waals surface area contributed by atoms with Gasteiger partial charge in [-0.05, 0) is 43.4 Å². The second kappa shape index (κ2) is 9.92. The van der Waals surface area contributed by atoms with E-state index in [0.29, 0.717) is 33.7 Å². The van der Waals surface area contributed by atoms with E-state index < -0.39 is 0 Å². The highest BCUT2D eigenvalue weighted by Gasteiger charge is 2.15. The molecule has 0 aliphatic heterocycles. The maximum Gasteiger partial charge on any atom is 0.258 e. The third-order valence-electron chi connectivity index (χ3n) is 4.94. The molecule has 3 N–H and O–H groups in total. The van der Waals surface area contributed by atoms with Gasteiger partial charge in [0.25, 0.3) is 11.5 Å². The zero-order chi connectivity index (χ0) is 23.2. The summed E-state index contributed by atoms with van der Waals surface area (Å²) in [6.07, 6.45) is 1.54. The quantitative estimate of drug-likeness (QED) is 0.383. The number of amides is 2. The van der Waals surface area contributed by atoms with E-state index in [1.165, 1.54) is 6.26 Å². The molecule has 0 radical (unpaired) electrons. The van der Waals surface area contributed by atoms with Gasteiger partial charge >= 0.3 is 0 Å². The number of carbonyl (C=O) groups excluding carboxylic acids is 2. The van der Waals surface area contributed by atoms with Crippen molar-refractivity contribution in [2.45, 2.75) is 13.1 Å². The normalized spacial score (nSPS) is 11.0. The van der Waals surface area contributed by atoms with Gasteiger partial charge < -0.3 is 20.0 Å². The fourth-order valence-electron chi connectivity index (χ4n) is 3.42. The van der Waals surface area contributed by atoms with Crippen LogP contribution in [-0.4, -0.2) is 40.3 Å². The molecule has 9 nitrogen and oxygen atoms in total. The molecule has 33 heavy (non-hydrogen) atoms. The molecule has 0 fully saturated rings. The molecule has 2 aromatic heterocycles. The van der Waals surface area contributed by atoms with Crippen molar-refractivity contribution in [2.24, 2.45) is 0 Å². The van der Waals surface area contributed by atoms with E-state index in [1.54, 1.807) is 66.5 Å². The Morgan fingerprint density at radius 1 is 1.06 bits per heavy atom. The van der Waals surface area contributed by atoms with Gasteiger partial charge in [-0.25, -0.2) is 4.98 Å². The second-order valence-corrected chi connectivity index (χ2v) is 7.56. The largest absolute Gasteiger partial charge is 0.467 e. The summed E-state index contributed by atoms with van der Waals surface area (Å²) in [4.78, 5) is 46.4. The number of benzene rings is 2. The lowest BCUT2D eigenvalue weighted by atomic mass is 10.1. The summed E-state index contributed by atoms with van der Waals surface area (Å²) in [7, 11) is 1.75. The van der Waals surface area contributed by atoms with Gasteiger partial charge in [-0.2, -0.15) is 0 Å². The van der Waals surface area contributed by atoms with Gasteiger partial charge in [0.2, 0.25) is 5.91 Å². The minimum atomic E-state index is -0.325. The van der Waals surface area contributed by atoms with Crippen LogP contribution in [0.2, 0.25) is 0 Å². The molecular formula is C24H23N5O4. The zero-order valence-electron chi connectivity index (χ0n) is 18.0. The lowest BCUT2D eigenvalue weighted by Gasteiger charge is -2.17. The van der Waals surface area contributed by atoms with E-state index >= 15 is 0 Å². The number of nitrogens with zero attached hydrogens (tertiary/aromatic N) is 2. The first kappa shape index (κ1) is 22.0. The molecule has 0 aliphatic carbocycles. The average molecular weight is 445 g/mol. The van der Waals surface area contributed by atoms with Crippen molar-refractivity contribution in [2.75, 3.05) is 18.9 Å². The monoisotopic (exact) mass is 445 g/mol. The van der Waals surface area contributed by atoms with Gasteiger partial charge in [-0.1, -0.05) is 24.3 Å². The summed E-state index contributed by atoms with van der Waals surface area (Å²) in [6, 6.07) is 17.4. The third kappa shape index (κ3) is 5.52. The Hall–Kier alpha value is -4.24. The molecule has 0 saturated carbocycles. The van der Waals surface area contributed by atoms with E-state index in [1.807, 2.05) is 6.07 Å². The smallest absolute Gasteiger partial charge is 0.258 e. The Labute approximate surface area is 189 Å². The summed E-state index contributed by atoms with van der Waals surface area (Å²) in [5, 5.41) is 6.07. The van der Waals surface area contributed by atoms with E-state index in [9.17, 15) is 14.4 Å². The summed E-state index contributed by atoms with van der Waals surface area (Å²) in [5.41, 5.74) is 1.14. The minimum Gasteiger partial charge on any atom is -0.467 e. The van der Waals surface area contributed by atoms with Crippen LogP contribution in [-0.2, 0) is 17.9 Å². The van der Waals surface area contributed by atoms with Crippen molar-refractivity contribution in [1.29, 1.82) is 0 Å². The SMILES string of the molecule is CN(CC(=O)Nc1ccccc1C(=O)NCc1ccco1)Cc1nc2ccccc2c(=O)[nH]1. The highest BCUT2D eigenvalue weighted by molar-refractivity contribution is 6.04. The van der Waals surface area contributed by atoms with Gasteiger partial charge in [-0.15, -0.1) is 0 Å². The average Bonchev–Trinajstić information content (AvgIpc) is 3.31. The van der Waals surface area contributed by atoms with Crippen molar-refractivity contribution in [3.63, 3.8) is 0 Å². The van der Waals surface area contributed by atoms with Crippen LogP contribution in [0.3, 0.4) is 0 Å². The molecule has 168 valence electrons. The van der Waals surface area contributed by atoms with E-state index in [2.05, 4.69) is 20.6 Å². The highest BCUT2D eigenvalue weighted by Crippen LogP contribution is 2.15. The maximum absolute atomic E-state index is 12.6. The number of fused-ring (bicyclic) bond motifs is 1. The van der Waals surface area contributed by atoms with Crippen LogP contribution in [0.4, 0.5) is 5.69 Å². The molecule has 0 atom stereocenters. The van der Waals surface area contributed by atoms with Crippen molar-refractivity contribution in [3.8, 4) is 0 Å². The van der Waals surface area contributed by atoms with Crippen molar-refractivity contribution < 1.29 is 14.0 Å². The number of hydrogen-bond acceptors (Lipinski definition) is 6. The molecule has 4 aromatic rings. The van der Waals surface area contributed by atoms with Crippen LogP contribution in [0.1, 0.15) is 21.9 Å². The summed E-state index contributed by atoms with van der Waals surface area (Å²) in [6.45, 7) is 0.561. The first-order chi connectivity index (χ1) is 16.0. The topological polar surface area (TPSA) is 120 Å². The Morgan fingerprint density at radius 3 is 2.67 bits per heavy atom. The zero-order valence-corrected chi connectivity index (χ0v) is 18.0. The molecule has 0 spiro atoms. The fourth-order valence-corrected chi connectivity index (χ4v) is 3.42. The van der Waals surface area contributed by atoms with Crippen molar-refractivity contribution in [1.82, 2.24) is 20.2 Å². The van der Waals surface area contributed by atoms with Gasteiger partial charge in [0, 0.05) is 0 Å². The van der Waals surface area contributed by atoms with Crippen LogP contribution >= 0.6 is 0 Å². The minimum absolute atomic E-state index is 0.0406.